The highest BCUT2D eigenvalue weighted by Gasteiger charge is 2.26. The van der Waals surface area contributed by atoms with Gasteiger partial charge in [0.15, 0.2) is 0 Å². The summed E-state index contributed by atoms with van der Waals surface area (Å²) < 4.78 is 10.9. The Bertz CT molecular complexity index is 784. The SMILES string of the molecule is CCC(C)c1ccc(C(C)(C)c2ccc(OC(=O)OC(C)(CC)CC)cc2)cc1. The van der Waals surface area contributed by atoms with E-state index in [2.05, 4.69) is 52.0 Å². The Morgan fingerprint density at radius 3 is 1.79 bits per heavy atom. The van der Waals surface area contributed by atoms with Crippen LogP contribution in [0.1, 0.15) is 90.3 Å². The zero-order valence-corrected chi connectivity index (χ0v) is 19.0. The first kappa shape index (κ1) is 23.0. The number of hydrogen-bond acceptors (Lipinski definition) is 3. The molecular formula is C26H36O3. The first-order valence-corrected chi connectivity index (χ1v) is 10.8. The van der Waals surface area contributed by atoms with Crippen LogP contribution < -0.4 is 4.74 Å². The minimum atomic E-state index is -0.649. The van der Waals surface area contributed by atoms with Gasteiger partial charge in [-0.15, -0.1) is 0 Å². The summed E-state index contributed by atoms with van der Waals surface area (Å²) in [6.45, 7) is 14.8. The smallest absolute Gasteiger partial charge is 0.428 e. The summed E-state index contributed by atoms with van der Waals surface area (Å²) in [7, 11) is 0. The van der Waals surface area contributed by atoms with Crippen LogP contribution in [0.15, 0.2) is 48.5 Å². The average molecular weight is 397 g/mol. The molecule has 0 radical (unpaired) electrons. The van der Waals surface area contributed by atoms with Crippen molar-refractivity contribution in [2.45, 2.75) is 84.7 Å². The van der Waals surface area contributed by atoms with Crippen molar-refractivity contribution in [2.75, 3.05) is 0 Å². The summed E-state index contributed by atoms with van der Waals surface area (Å²) in [5.74, 6) is 1.07. The van der Waals surface area contributed by atoms with E-state index in [1.165, 1.54) is 16.7 Å². The maximum absolute atomic E-state index is 12.1. The molecule has 0 aromatic heterocycles. The maximum Gasteiger partial charge on any atom is 0.514 e. The molecule has 0 bridgehead atoms. The van der Waals surface area contributed by atoms with Gasteiger partial charge in [-0.25, -0.2) is 4.79 Å². The fraction of sp³-hybridized carbons (Fsp3) is 0.500. The van der Waals surface area contributed by atoms with Crippen LogP contribution in [0.25, 0.3) is 0 Å². The molecule has 1 atom stereocenters. The van der Waals surface area contributed by atoms with Crippen molar-refractivity contribution >= 4 is 6.16 Å². The second-order valence-electron chi connectivity index (χ2n) is 8.69. The lowest BCUT2D eigenvalue weighted by atomic mass is 9.77. The standard InChI is InChI=1S/C26H36O3/c1-8-19(4)20-11-13-21(14-12-20)25(5,6)22-15-17-23(18-16-22)28-24(27)29-26(7,9-2)10-3/h11-19H,8-10H2,1-7H3. The molecule has 0 amide bonds. The van der Waals surface area contributed by atoms with Crippen LogP contribution in [0.3, 0.4) is 0 Å². The molecule has 0 fully saturated rings. The number of ether oxygens (including phenoxy) is 2. The zero-order valence-electron chi connectivity index (χ0n) is 19.0. The van der Waals surface area contributed by atoms with E-state index in [1.54, 1.807) is 0 Å². The number of carbonyl (C=O) groups is 1. The lowest BCUT2D eigenvalue weighted by Crippen LogP contribution is -2.31. The van der Waals surface area contributed by atoms with Gasteiger partial charge < -0.3 is 9.47 Å². The molecule has 0 saturated carbocycles. The molecule has 2 aromatic rings. The van der Waals surface area contributed by atoms with Crippen molar-refractivity contribution in [3.63, 3.8) is 0 Å². The summed E-state index contributed by atoms with van der Waals surface area (Å²) in [5, 5.41) is 0. The number of benzene rings is 2. The normalized spacial score (nSPS) is 13.1. The van der Waals surface area contributed by atoms with Crippen molar-refractivity contribution < 1.29 is 14.3 Å². The Morgan fingerprint density at radius 2 is 1.34 bits per heavy atom. The molecule has 2 aromatic carbocycles. The van der Waals surface area contributed by atoms with Gasteiger partial charge in [-0.3, -0.25) is 0 Å². The summed E-state index contributed by atoms with van der Waals surface area (Å²) in [5.41, 5.74) is 3.18. The minimum Gasteiger partial charge on any atom is -0.428 e. The van der Waals surface area contributed by atoms with E-state index in [1.807, 2.05) is 45.0 Å². The Balaban J connectivity index is 2.11. The Kier molecular flexibility index (Phi) is 7.51. The molecule has 3 nitrogen and oxygen atoms in total. The summed E-state index contributed by atoms with van der Waals surface area (Å²) in [6.07, 6.45) is 2.00. The van der Waals surface area contributed by atoms with Crippen LogP contribution in [-0.2, 0) is 10.2 Å². The third-order valence-electron chi connectivity index (χ3n) is 6.42. The third-order valence-corrected chi connectivity index (χ3v) is 6.42. The lowest BCUT2D eigenvalue weighted by molar-refractivity contribution is -0.00724. The molecule has 0 aliphatic heterocycles. The molecule has 158 valence electrons. The Labute approximate surface area is 176 Å². The second-order valence-corrected chi connectivity index (χ2v) is 8.69. The van der Waals surface area contributed by atoms with Crippen LogP contribution in [-0.4, -0.2) is 11.8 Å². The number of rotatable bonds is 8. The van der Waals surface area contributed by atoms with Crippen LogP contribution in [0.2, 0.25) is 0 Å². The molecule has 0 aliphatic carbocycles. The molecule has 0 saturated heterocycles. The minimum absolute atomic E-state index is 0.143. The van der Waals surface area contributed by atoms with Gasteiger partial charge in [-0.1, -0.05) is 77.9 Å². The molecule has 0 aliphatic rings. The quantitative estimate of drug-likeness (QED) is 0.340. The van der Waals surface area contributed by atoms with E-state index in [-0.39, 0.29) is 5.41 Å². The highest BCUT2D eigenvalue weighted by Crippen LogP contribution is 2.33. The van der Waals surface area contributed by atoms with Gasteiger partial charge in [-0.2, -0.15) is 0 Å². The van der Waals surface area contributed by atoms with Crippen LogP contribution in [0, 0.1) is 0 Å². The zero-order chi connectivity index (χ0) is 21.7. The molecule has 0 N–H and O–H groups in total. The van der Waals surface area contributed by atoms with Gasteiger partial charge in [0, 0.05) is 5.41 Å². The third kappa shape index (κ3) is 5.62. The molecule has 2 rings (SSSR count). The average Bonchev–Trinajstić information content (AvgIpc) is 2.73. The van der Waals surface area contributed by atoms with Gasteiger partial charge in [0.2, 0.25) is 0 Å². The van der Waals surface area contributed by atoms with E-state index in [9.17, 15) is 4.79 Å². The van der Waals surface area contributed by atoms with E-state index in [0.717, 1.165) is 19.3 Å². The van der Waals surface area contributed by atoms with Crippen molar-refractivity contribution in [1.82, 2.24) is 0 Å². The Hall–Kier alpha value is -2.29. The van der Waals surface area contributed by atoms with Crippen molar-refractivity contribution in [3.05, 3.63) is 65.2 Å². The second kappa shape index (κ2) is 9.47. The summed E-state index contributed by atoms with van der Waals surface area (Å²) in [4.78, 5) is 12.1. The lowest BCUT2D eigenvalue weighted by Gasteiger charge is -2.27. The maximum atomic E-state index is 12.1. The molecule has 0 spiro atoms. The first-order chi connectivity index (χ1) is 13.6. The van der Waals surface area contributed by atoms with E-state index < -0.39 is 11.8 Å². The summed E-state index contributed by atoms with van der Waals surface area (Å²) >= 11 is 0. The highest BCUT2D eigenvalue weighted by atomic mass is 16.7. The first-order valence-electron chi connectivity index (χ1n) is 10.8. The molecule has 1 unspecified atom stereocenters. The van der Waals surface area contributed by atoms with Gasteiger partial charge in [0.05, 0.1) is 0 Å². The topological polar surface area (TPSA) is 35.5 Å². The van der Waals surface area contributed by atoms with Gasteiger partial charge in [0.1, 0.15) is 11.4 Å². The number of hydrogen-bond donors (Lipinski definition) is 0. The summed E-state index contributed by atoms with van der Waals surface area (Å²) in [6, 6.07) is 16.6. The molecule has 3 heteroatoms. The van der Waals surface area contributed by atoms with E-state index >= 15 is 0 Å². The largest absolute Gasteiger partial charge is 0.514 e. The Morgan fingerprint density at radius 1 is 0.862 bits per heavy atom. The van der Waals surface area contributed by atoms with E-state index in [4.69, 9.17) is 9.47 Å². The molecular weight excluding hydrogens is 360 g/mol. The van der Waals surface area contributed by atoms with Crippen LogP contribution in [0.4, 0.5) is 4.79 Å². The predicted molar refractivity (Wildman–Crippen MR) is 120 cm³/mol. The molecule has 29 heavy (non-hydrogen) atoms. The van der Waals surface area contributed by atoms with Crippen LogP contribution >= 0.6 is 0 Å². The fourth-order valence-electron chi connectivity index (χ4n) is 3.28. The van der Waals surface area contributed by atoms with Crippen molar-refractivity contribution in [2.24, 2.45) is 0 Å². The van der Waals surface area contributed by atoms with Crippen LogP contribution in [0.5, 0.6) is 5.75 Å². The van der Waals surface area contributed by atoms with Crippen molar-refractivity contribution in [1.29, 1.82) is 0 Å². The number of carbonyl (C=O) groups excluding carboxylic acids is 1. The van der Waals surface area contributed by atoms with Gasteiger partial charge in [-0.05, 0) is 60.9 Å². The van der Waals surface area contributed by atoms with Gasteiger partial charge >= 0.3 is 6.16 Å². The molecule has 0 heterocycles. The van der Waals surface area contributed by atoms with Crippen molar-refractivity contribution in [3.8, 4) is 5.75 Å². The monoisotopic (exact) mass is 396 g/mol. The van der Waals surface area contributed by atoms with Gasteiger partial charge in [0.25, 0.3) is 0 Å². The fourth-order valence-corrected chi connectivity index (χ4v) is 3.28. The predicted octanol–water partition coefficient (Wildman–Crippen LogP) is 7.62. The highest BCUT2D eigenvalue weighted by molar-refractivity contribution is 5.64. The van der Waals surface area contributed by atoms with E-state index in [0.29, 0.717) is 11.7 Å².